The summed E-state index contributed by atoms with van der Waals surface area (Å²) < 4.78 is 5.19. The van der Waals surface area contributed by atoms with Crippen LogP contribution in [0.4, 0.5) is 0 Å². The highest BCUT2D eigenvalue weighted by atomic mass is 16.6. The van der Waals surface area contributed by atoms with E-state index in [9.17, 15) is 14.9 Å². The number of esters is 1. The van der Waals surface area contributed by atoms with Crippen molar-refractivity contribution >= 4 is 17.4 Å². The van der Waals surface area contributed by atoms with Crippen LogP contribution < -0.4 is 0 Å². The third-order valence-corrected chi connectivity index (χ3v) is 3.48. The zero-order valence-corrected chi connectivity index (χ0v) is 12.1. The molecule has 110 valence electrons. The van der Waals surface area contributed by atoms with Crippen LogP contribution in [0.1, 0.15) is 32.6 Å². The summed E-state index contributed by atoms with van der Waals surface area (Å²) in [6.45, 7) is 3.74. The van der Waals surface area contributed by atoms with Gasteiger partial charge in [-0.1, -0.05) is 35.4 Å². The summed E-state index contributed by atoms with van der Waals surface area (Å²) in [5, 5.41) is 11.6. The van der Waals surface area contributed by atoms with Gasteiger partial charge in [0.2, 0.25) is 5.76 Å². The Balaban J connectivity index is 2.29. The number of ether oxygens (including phenoxy) is 1. The Morgan fingerprint density at radius 2 is 1.64 bits per heavy atom. The van der Waals surface area contributed by atoms with E-state index in [4.69, 9.17) is 4.74 Å². The molecule has 0 saturated carbocycles. The highest BCUT2D eigenvalue weighted by Gasteiger charge is 2.34. The molecule has 0 N–H and O–H groups in total. The van der Waals surface area contributed by atoms with E-state index in [2.05, 4.69) is 0 Å². The third-order valence-electron chi connectivity index (χ3n) is 3.48. The van der Waals surface area contributed by atoms with Gasteiger partial charge in [-0.05, 0) is 32.0 Å². The first-order valence-corrected chi connectivity index (χ1v) is 6.76. The Kier molecular flexibility index (Phi) is 3.25. The highest BCUT2D eigenvalue weighted by Crippen LogP contribution is 2.36. The fourth-order valence-corrected chi connectivity index (χ4v) is 2.67. The smallest absolute Gasteiger partial charge is 0.344 e. The lowest BCUT2D eigenvalue weighted by molar-refractivity contribution is -0.375. The van der Waals surface area contributed by atoms with Crippen molar-refractivity contribution in [1.29, 1.82) is 0 Å². The van der Waals surface area contributed by atoms with Gasteiger partial charge in [0.05, 0.1) is 16.1 Å². The van der Waals surface area contributed by atoms with Crippen LogP contribution in [0, 0.1) is 24.0 Å². The molecule has 22 heavy (non-hydrogen) atoms. The number of hydrogen-bond donors (Lipinski definition) is 0. The summed E-state index contributed by atoms with van der Waals surface area (Å²) in [5.74, 6) is -0.551. The van der Waals surface area contributed by atoms with Gasteiger partial charge in [0.15, 0.2) is 0 Å². The molecular formula is C17H13NO4. The minimum Gasteiger partial charge on any atom is -0.415 e. The van der Waals surface area contributed by atoms with E-state index in [0.717, 1.165) is 11.1 Å². The largest absolute Gasteiger partial charge is 0.415 e. The van der Waals surface area contributed by atoms with Gasteiger partial charge in [-0.3, -0.25) is 10.1 Å². The molecule has 1 heterocycles. The number of cyclic esters (lactones) is 1. The number of aryl methyl sites for hydroxylation is 2. The normalized spacial score (nSPS) is 15.3. The van der Waals surface area contributed by atoms with Crippen LogP contribution in [-0.2, 0) is 4.74 Å². The molecule has 0 aromatic heterocycles. The van der Waals surface area contributed by atoms with Crippen molar-refractivity contribution < 1.29 is 14.5 Å². The van der Waals surface area contributed by atoms with Crippen molar-refractivity contribution in [2.75, 3.05) is 0 Å². The number of nitro groups is 1. The molecule has 5 heteroatoms. The summed E-state index contributed by atoms with van der Waals surface area (Å²) in [5.41, 5.74) is 2.87. The predicted octanol–water partition coefficient (Wildman–Crippen LogP) is 3.58. The standard InChI is InChI=1S/C17H13NO4/c1-10-7-11(2)9-12(8-10)15(18(20)21)16-13-5-3-4-6-14(13)17(19)22-16/h3-9H,1-2H3. The van der Waals surface area contributed by atoms with Crippen LogP contribution in [0.3, 0.4) is 0 Å². The van der Waals surface area contributed by atoms with E-state index in [1.54, 1.807) is 36.4 Å². The van der Waals surface area contributed by atoms with Crippen LogP contribution in [0.2, 0.25) is 0 Å². The lowest BCUT2D eigenvalue weighted by Gasteiger charge is -2.06. The van der Waals surface area contributed by atoms with Gasteiger partial charge < -0.3 is 4.74 Å². The van der Waals surface area contributed by atoms with Crippen LogP contribution in [-0.4, -0.2) is 10.9 Å². The van der Waals surface area contributed by atoms with Crippen molar-refractivity contribution in [2.45, 2.75) is 13.8 Å². The molecule has 0 aliphatic carbocycles. The number of benzene rings is 2. The minimum absolute atomic E-state index is 0.00981. The van der Waals surface area contributed by atoms with Gasteiger partial charge in [0.1, 0.15) is 0 Å². The van der Waals surface area contributed by atoms with Crippen LogP contribution >= 0.6 is 0 Å². The molecule has 0 amide bonds. The second-order valence-corrected chi connectivity index (χ2v) is 5.25. The summed E-state index contributed by atoms with van der Waals surface area (Å²) in [7, 11) is 0. The van der Waals surface area contributed by atoms with Crippen molar-refractivity contribution in [3.8, 4) is 0 Å². The van der Waals surface area contributed by atoms with Crippen LogP contribution in [0.25, 0.3) is 11.5 Å². The number of nitrogens with zero attached hydrogens (tertiary/aromatic N) is 1. The maximum absolute atomic E-state index is 11.9. The van der Waals surface area contributed by atoms with E-state index < -0.39 is 10.9 Å². The van der Waals surface area contributed by atoms with E-state index in [0.29, 0.717) is 16.7 Å². The molecule has 0 radical (unpaired) electrons. The Hall–Kier alpha value is -2.95. The lowest BCUT2D eigenvalue weighted by atomic mass is 10.0. The first-order chi connectivity index (χ1) is 10.5. The van der Waals surface area contributed by atoms with Gasteiger partial charge in [-0.2, -0.15) is 0 Å². The zero-order valence-electron chi connectivity index (χ0n) is 12.1. The SMILES string of the molecule is Cc1cc(C)cc(C(=C2OC(=O)c3ccccc32)[N+](=O)[O-])c1. The maximum Gasteiger partial charge on any atom is 0.344 e. The molecule has 0 atom stereocenters. The second-order valence-electron chi connectivity index (χ2n) is 5.25. The monoisotopic (exact) mass is 295 g/mol. The van der Waals surface area contributed by atoms with Gasteiger partial charge in [0.25, 0.3) is 0 Å². The average Bonchev–Trinajstić information content (AvgIpc) is 2.75. The zero-order chi connectivity index (χ0) is 15.9. The molecule has 0 bridgehead atoms. The molecule has 0 spiro atoms. The van der Waals surface area contributed by atoms with E-state index >= 15 is 0 Å². The Labute approximate surface area is 127 Å². The Morgan fingerprint density at radius 3 is 2.23 bits per heavy atom. The van der Waals surface area contributed by atoms with Crippen molar-refractivity contribution in [3.05, 3.63) is 80.4 Å². The molecule has 1 aliphatic rings. The Morgan fingerprint density at radius 1 is 1.05 bits per heavy atom. The first kappa shape index (κ1) is 14.0. The quantitative estimate of drug-likeness (QED) is 0.482. The molecule has 0 unspecified atom stereocenters. The number of carbonyl (C=O) groups is 1. The number of carbonyl (C=O) groups excluding carboxylic acids is 1. The van der Waals surface area contributed by atoms with E-state index in [1.165, 1.54) is 0 Å². The molecule has 1 aliphatic heterocycles. The molecule has 0 saturated heterocycles. The summed E-state index contributed by atoms with van der Waals surface area (Å²) in [6, 6.07) is 12.0. The minimum atomic E-state index is -0.561. The molecule has 5 nitrogen and oxygen atoms in total. The highest BCUT2D eigenvalue weighted by molar-refractivity contribution is 6.06. The van der Waals surface area contributed by atoms with Gasteiger partial charge >= 0.3 is 11.7 Å². The van der Waals surface area contributed by atoms with Crippen molar-refractivity contribution in [1.82, 2.24) is 0 Å². The van der Waals surface area contributed by atoms with Gasteiger partial charge in [0, 0.05) is 5.56 Å². The summed E-state index contributed by atoms with van der Waals surface area (Å²) in [4.78, 5) is 23.0. The number of fused-ring (bicyclic) bond motifs is 1. The Bertz CT molecular complexity index is 816. The van der Waals surface area contributed by atoms with Gasteiger partial charge in [-0.25, -0.2) is 4.79 Å². The molecule has 0 fully saturated rings. The molecular weight excluding hydrogens is 282 g/mol. The van der Waals surface area contributed by atoms with E-state index in [1.807, 2.05) is 19.9 Å². The summed E-state index contributed by atoms with van der Waals surface area (Å²) in [6.07, 6.45) is 0. The summed E-state index contributed by atoms with van der Waals surface area (Å²) >= 11 is 0. The first-order valence-electron chi connectivity index (χ1n) is 6.76. The van der Waals surface area contributed by atoms with Crippen LogP contribution in [0.5, 0.6) is 0 Å². The molecule has 2 aromatic carbocycles. The van der Waals surface area contributed by atoms with Crippen molar-refractivity contribution in [2.24, 2.45) is 0 Å². The van der Waals surface area contributed by atoms with E-state index in [-0.39, 0.29) is 11.5 Å². The number of rotatable bonds is 2. The average molecular weight is 295 g/mol. The lowest BCUT2D eigenvalue weighted by Crippen LogP contribution is -2.03. The fraction of sp³-hybridized carbons (Fsp3) is 0.118. The fourth-order valence-electron chi connectivity index (χ4n) is 2.67. The van der Waals surface area contributed by atoms with Crippen LogP contribution in [0.15, 0.2) is 42.5 Å². The predicted molar refractivity (Wildman–Crippen MR) is 81.6 cm³/mol. The maximum atomic E-state index is 11.9. The van der Waals surface area contributed by atoms with Crippen molar-refractivity contribution in [3.63, 3.8) is 0 Å². The topological polar surface area (TPSA) is 69.4 Å². The number of hydrogen-bond acceptors (Lipinski definition) is 4. The second kappa shape index (κ2) is 5.11. The molecule has 2 aromatic rings. The molecule has 3 rings (SSSR count). The van der Waals surface area contributed by atoms with Gasteiger partial charge in [-0.15, -0.1) is 0 Å². The third kappa shape index (κ3) is 2.26.